The highest BCUT2D eigenvalue weighted by atomic mass is 16.5. The molecule has 27 heavy (non-hydrogen) atoms. The van der Waals surface area contributed by atoms with Crippen LogP contribution in [-0.4, -0.2) is 30.6 Å². The number of hydrogen-bond donors (Lipinski definition) is 2. The smallest absolute Gasteiger partial charge is 0.274 e. The van der Waals surface area contributed by atoms with Gasteiger partial charge in [-0.3, -0.25) is 14.4 Å². The van der Waals surface area contributed by atoms with Crippen LogP contribution >= 0.6 is 0 Å². The number of carbonyl (C=O) groups excluding carboxylic acids is 2. The van der Waals surface area contributed by atoms with Gasteiger partial charge in [0.15, 0.2) is 11.5 Å². The molecule has 1 heterocycles. The van der Waals surface area contributed by atoms with Crippen LogP contribution in [-0.2, 0) is 22.7 Å². The number of rotatable bonds is 7. The van der Waals surface area contributed by atoms with Crippen molar-refractivity contribution < 1.29 is 19.1 Å². The van der Waals surface area contributed by atoms with E-state index in [1.807, 2.05) is 6.07 Å². The Morgan fingerprint density at radius 3 is 2.41 bits per heavy atom. The van der Waals surface area contributed by atoms with Crippen molar-refractivity contribution in [2.24, 2.45) is 0 Å². The van der Waals surface area contributed by atoms with E-state index in [4.69, 9.17) is 9.47 Å². The number of benzene rings is 1. The molecule has 0 radical (unpaired) electrons. The number of pyridine rings is 1. The summed E-state index contributed by atoms with van der Waals surface area (Å²) in [7, 11) is 3.09. The molecular formula is C19H23N3O5. The van der Waals surface area contributed by atoms with Crippen LogP contribution in [0.1, 0.15) is 18.2 Å². The molecule has 8 heteroatoms. The molecule has 0 saturated heterocycles. The molecule has 1 aromatic heterocycles. The molecule has 8 nitrogen and oxygen atoms in total. The predicted octanol–water partition coefficient (Wildman–Crippen LogP) is 1.45. The summed E-state index contributed by atoms with van der Waals surface area (Å²) in [6, 6.07) is 8.54. The molecule has 2 amide bonds. The number of ether oxygens (including phenoxy) is 2. The minimum Gasteiger partial charge on any atom is -0.493 e. The second-order valence-electron chi connectivity index (χ2n) is 5.93. The van der Waals surface area contributed by atoms with Gasteiger partial charge in [0.2, 0.25) is 11.8 Å². The average molecular weight is 373 g/mol. The van der Waals surface area contributed by atoms with Crippen molar-refractivity contribution in [3.05, 3.63) is 51.9 Å². The Hall–Kier alpha value is -3.29. The minimum atomic E-state index is -0.425. The van der Waals surface area contributed by atoms with Crippen LogP contribution in [0.3, 0.4) is 0 Å². The van der Waals surface area contributed by atoms with E-state index < -0.39 is 5.56 Å². The Labute approximate surface area is 157 Å². The number of nitrogens with one attached hydrogen (secondary N) is 2. The first-order valence-electron chi connectivity index (χ1n) is 8.31. The van der Waals surface area contributed by atoms with Crippen LogP contribution in [0.15, 0.2) is 35.1 Å². The second kappa shape index (κ2) is 8.88. The summed E-state index contributed by atoms with van der Waals surface area (Å²) < 4.78 is 11.7. The Kier molecular flexibility index (Phi) is 6.59. The van der Waals surface area contributed by atoms with Gasteiger partial charge < -0.3 is 24.7 Å². The molecule has 144 valence electrons. The summed E-state index contributed by atoms with van der Waals surface area (Å²) in [5.74, 6) is 0.499. The molecule has 0 aliphatic heterocycles. The molecule has 0 aliphatic rings. The number of carbonyl (C=O) groups is 2. The van der Waals surface area contributed by atoms with Crippen molar-refractivity contribution in [2.75, 3.05) is 19.5 Å². The largest absolute Gasteiger partial charge is 0.493 e. The van der Waals surface area contributed by atoms with Crippen molar-refractivity contribution in [2.45, 2.75) is 26.9 Å². The Bertz CT molecular complexity index is 905. The zero-order valence-corrected chi connectivity index (χ0v) is 15.8. The maximum absolute atomic E-state index is 12.4. The zero-order chi connectivity index (χ0) is 20.0. The van der Waals surface area contributed by atoms with Crippen molar-refractivity contribution in [3.8, 4) is 11.5 Å². The van der Waals surface area contributed by atoms with E-state index in [0.29, 0.717) is 17.2 Å². The summed E-state index contributed by atoms with van der Waals surface area (Å²) in [6.07, 6.45) is 0. The normalized spacial score (nSPS) is 10.2. The van der Waals surface area contributed by atoms with Crippen LogP contribution < -0.4 is 25.7 Å². The molecule has 2 rings (SSSR count). The molecule has 1 aromatic carbocycles. The Morgan fingerprint density at radius 1 is 1.07 bits per heavy atom. The van der Waals surface area contributed by atoms with Gasteiger partial charge in [-0.25, -0.2) is 0 Å². The second-order valence-corrected chi connectivity index (χ2v) is 5.93. The minimum absolute atomic E-state index is 0.140. The molecule has 0 atom stereocenters. The number of aromatic nitrogens is 1. The molecule has 0 spiro atoms. The van der Waals surface area contributed by atoms with Gasteiger partial charge in [0.25, 0.3) is 5.56 Å². The van der Waals surface area contributed by atoms with Crippen LogP contribution in [0.4, 0.5) is 5.69 Å². The Balaban J connectivity index is 2.08. The first-order valence-corrected chi connectivity index (χ1v) is 8.31. The molecule has 0 saturated carbocycles. The number of methoxy groups -OCH3 is 2. The fraction of sp³-hybridized carbons (Fsp3) is 0.316. The number of amides is 2. The van der Waals surface area contributed by atoms with Gasteiger partial charge in [0.05, 0.1) is 14.2 Å². The van der Waals surface area contributed by atoms with Crippen LogP contribution in [0.2, 0.25) is 0 Å². The van der Waals surface area contributed by atoms with Crippen molar-refractivity contribution in [1.29, 1.82) is 0 Å². The molecule has 2 N–H and O–H groups in total. The van der Waals surface area contributed by atoms with Gasteiger partial charge in [0.1, 0.15) is 12.2 Å². The summed E-state index contributed by atoms with van der Waals surface area (Å²) in [5, 5.41) is 5.23. The third-order valence-electron chi connectivity index (χ3n) is 3.94. The van der Waals surface area contributed by atoms with Crippen LogP contribution in [0.25, 0.3) is 0 Å². The zero-order valence-electron chi connectivity index (χ0n) is 15.8. The highest BCUT2D eigenvalue weighted by Gasteiger charge is 2.12. The van der Waals surface area contributed by atoms with E-state index in [9.17, 15) is 14.4 Å². The predicted molar refractivity (Wildman–Crippen MR) is 101 cm³/mol. The van der Waals surface area contributed by atoms with Gasteiger partial charge >= 0.3 is 0 Å². The molecular weight excluding hydrogens is 350 g/mol. The van der Waals surface area contributed by atoms with Gasteiger partial charge in [-0.05, 0) is 36.8 Å². The first-order chi connectivity index (χ1) is 12.8. The number of hydrogen-bond acceptors (Lipinski definition) is 5. The maximum Gasteiger partial charge on any atom is 0.274 e. The summed E-state index contributed by atoms with van der Waals surface area (Å²) >= 11 is 0. The fourth-order valence-electron chi connectivity index (χ4n) is 2.54. The van der Waals surface area contributed by atoms with Crippen LogP contribution in [0, 0.1) is 6.92 Å². The quantitative estimate of drug-likeness (QED) is 0.765. The van der Waals surface area contributed by atoms with E-state index >= 15 is 0 Å². The number of anilines is 1. The van der Waals surface area contributed by atoms with E-state index in [1.165, 1.54) is 24.7 Å². The monoisotopic (exact) mass is 373 g/mol. The summed E-state index contributed by atoms with van der Waals surface area (Å²) in [5.41, 5.74) is 1.17. The van der Waals surface area contributed by atoms with Gasteiger partial charge in [-0.2, -0.15) is 0 Å². The van der Waals surface area contributed by atoms with Crippen molar-refractivity contribution in [3.63, 3.8) is 0 Å². The lowest BCUT2D eigenvalue weighted by Crippen LogP contribution is -2.34. The maximum atomic E-state index is 12.4. The third kappa shape index (κ3) is 5.10. The van der Waals surface area contributed by atoms with E-state index in [1.54, 1.807) is 32.2 Å². The van der Waals surface area contributed by atoms with Gasteiger partial charge in [0, 0.05) is 19.2 Å². The van der Waals surface area contributed by atoms with Crippen molar-refractivity contribution >= 4 is 17.5 Å². The highest BCUT2D eigenvalue weighted by molar-refractivity contribution is 5.88. The lowest BCUT2D eigenvalue weighted by molar-refractivity contribution is -0.122. The van der Waals surface area contributed by atoms with E-state index in [-0.39, 0.29) is 30.6 Å². The number of aryl methyl sites for hydroxylation is 1. The number of nitrogens with zero attached hydrogens (tertiary/aromatic N) is 1. The lowest BCUT2D eigenvalue weighted by atomic mass is 10.2. The Morgan fingerprint density at radius 2 is 1.78 bits per heavy atom. The van der Waals surface area contributed by atoms with Gasteiger partial charge in [-0.15, -0.1) is 0 Å². The molecule has 0 unspecified atom stereocenters. The molecule has 0 fully saturated rings. The average Bonchev–Trinajstić information content (AvgIpc) is 2.65. The summed E-state index contributed by atoms with van der Waals surface area (Å²) in [6.45, 7) is 3.17. The SMILES string of the molecule is COc1ccc(CNC(=O)Cn2c(C)ccc(NC(C)=O)c2=O)cc1OC. The summed E-state index contributed by atoms with van der Waals surface area (Å²) in [4.78, 5) is 35.9. The van der Waals surface area contributed by atoms with Crippen molar-refractivity contribution in [1.82, 2.24) is 9.88 Å². The third-order valence-corrected chi connectivity index (χ3v) is 3.94. The molecule has 2 aromatic rings. The van der Waals surface area contributed by atoms with Crippen LogP contribution in [0.5, 0.6) is 11.5 Å². The van der Waals surface area contributed by atoms with E-state index in [2.05, 4.69) is 10.6 Å². The molecule has 0 bridgehead atoms. The highest BCUT2D eigenvalue weighted by Crippen LogP contribution is 2.27. The lowest BCUT2D eigenvalue weighted by Gasteiger charge is -2.13. The fourth-order valence-corrected chi connectivity index (χ4v) is 2.54. The standard InChI is InChI=1S/C19H23N3O5/c1-12-5-7-15(21-13(2)23)19(25)22(12)11-18(24)20-10-14-6-8-16(26-3)17(9-14)27-4/h5-9H,10-11H2,1-4H3,(H,20,24)(H,21,23). The molecule has 0 aliphatic carbocycles. The topological polar surface area (TPSA) is 98.7 Å². The van der Waals surface area contributed by atoms with Gasteiger partial charge in [-0.1, -0.05) is 6.07 Å². The van der Waals surface area contributed by atoms with E-state index in [0.717, 1.165) is 5.56 Å². The first kappa shape index (κ1) is 20.0.